The molecule has 2 rings (SSSR count). The minimum absolute atomic E-state index is 0.197. The minimum atomic E-state index is -0.197. The van der Waals surface area contributed by atoms with Gasteiger partial charge < -0.3 is 0 Å². The summed E-state index contributed by atoms with van der Waals surface area (Å²) in [5, 5.41) is 7.04. The highest BCUT2D eigenvalue weighted by Crippen LogP contribution is 2.17. The molecule has 6 heteroatoms. The van der Waals surface area contributed by atoms with Crippen molar-refractivity contribution in [3.05, 3.63) is 33.0 Å². The summed E-state index contributed by atoms with van der Waals surface area (Å²) < 4.78 is 0. The van der Waals surface area contributed by atoms with Crippen LogP contribution < -0.4 is 4.87 Å². The summed E-state index contributed by atoms with van der Waals surface area (Å²) in [6.07, 6.45) is 0. The maximum Gasteiger partial charge on any atom is 0.322 e. The molecule has 1 N–H and O–H groups in total. The van der Waals surface area contributed by atoms with Crippen LogP contribution in [0, 0.1) is 0 Å². The summed E-state index contributed by atoms with van der Waals surface area (Å²) in [6, 6.07) is 5.18. The fourth-order valence-corrected chi connectivity index (χ4v) is 1.61. The van der Waals surface area contributed by atoms with Crippen LogP contribution in [0.5, 0.6) is 0 Å². The number of aromatic nitrogens is 3. The number of nitrogens with one attached hydrogen (secondary N) is 1. The normalized spacial score (nSPS) is 10.2. The van der Waals surface area contributed by atoms with Gasteiger partial charge in [0.1, 0.15) is 10.8 Å². The third kappa shape index (κ3) is 1.76. The Hall–Kier alpha value is -1.20. The quantitative estimate of drug-likeness (QED) is 0.732. The lowest BCUT2D eigenvalue weighted by molar-refractivity contribution is 1.06. The number of aromatic amines is 1. The lowest BCUT2D eigenvalue weighted by Gasteiger charge is -1.93. The summed E-state index contributed by atoms with van der Waals surface area (Å²) in [5.41, 5.74) is 0.607. The molecule has 0 spiro atoms. The van der Waals surface area contributed by atoms with Gasteiger partial charge in [-0.3, -0.25) is 4.79 Å². The molecule has 0 unspecified atom stereocenters. The van der Waals surface area contributed by atoms with Gasteiger partial charge in [0.25, 0.3) is 0 Å². The molecule has 0 bridgehead atoms. The molecule has 0 aliphatic rings. The molecule has 0 aromatic carbocycles. The van der Waals surface area contributed by atoms with Crippen molar-refractivity contribution in [1.82, 2.24) is 15.2 Å². The van der Waals surface area contributed by atoms with Crippen LogP contribution >= 0.6 is 22.9 Å². The van der Waals surface area contributed by atoms with Crippen LogP contribution in [0.15, 0.2) is 23.0 Å². The highest BCUT2D eigenvalue weighted by Gasteiger charge is 2.04. The zero-order valence-electron chi connectivity index (χ0n) is 6.32. The van der Waals surface area contributed by atoms with Crippen molar-refractivity contribution in [1.29, 1.82) is 0 Å². The number of halogens is 1. The molecule has 0 radical (unpaired) electrons. The molecule has 0 saturated heterocycles. The molecule has 66 valence electrons. The molecule has 13 heavy (non-hydrogen) atoms. The fourth-order valence-electron chi connectivity index (χ4n) is 0.867. The van der Waals surface area contributed by atoms with Gasteiger partial charge in [-0.05, 0) is 12.1 Å². The smallest absolute Gasteiger partial charge is 0.255 e. The van der Waals surface area contributed by atoms with E-state index in [-0.39, 0.29) is 4.87 Å². The van der Waals surface area contributed by atoms with Gasteiger partial charge in [-0.2, -0.15) is 5.10 Å². The Morgan fingerprint density at radius 1 is 1.46 bits per heavy atom. The average molecular weight is 214 g/mol. The van der Waals surface area contributed by atoms with Crippen molar-refractivity contribution in [3.8, 4) is 10.7 Å². The first-order valence-electron chi connectivity index (χ1n) is 3.44. The van der Waals surface area contributed by atoms with Crippen LogP contribution in [-0.4, -0.2) is 15.2 Å². The first kappa shape index (κ1) is 8.40. The predicted molar refractivity (Wildman–Crippen MR) is 51.0 cm³/mol. The summed E-state index contributed by atoms with van der Waals surface area (Å²) in [4.78, 5) is 14.6. The van der Waals surface area contributed by atoms with Crippen molar-refractivity contribution < 1.29 is 0 Å². The second kappa shape index (κ2) is 3.27. The van der Waals surface area contributed by atoms with Crippen molar-refractivity contribution in [2.75, 3.05) is 0 Å². The minimum Gasteiger partial charge on any atom is -0.255 e. The first-order chi connectivity index (χ1) is 6.25. The number of H-pyrrole nitrogens is 1. The van der Waals surface area contributed by atoms with E-state index in [0.29, 0.717) is 15.9 Å². The van der Waals surface area contributed by atoms with E-state index >= 15 is 0 Å². The fraction of sp³-hybridized carbons (Fsp3) is 0. The van der Waals surface area contributed by atoms with Gasteiger partial charge in [-0.1, -0.05) is 29.0 Å². The molecule has 0 atom stereocenters. The molecular weight excluding hydrogens is 210 g/mol. The largest absolute Gasteiger partial charge is 0.322 e. The molecule has 0 aliphatic heterocycles. The van der Waals surface area contributed by atoms with Crippen molar-refractivity contribution in [2.45, 2.75) is 0 Å². The second-order valence-electron chi connectivity index (χ2n) is 2.26. The van der Waals surface area contributed by atoms with Crippen LogP contribution in [0.2, 0.25) is 5.15 Å². The third-order valence-corrected chi connectivity index (χ3v) is 2.35. The summed E-state index contributed by atoms with van der Waals surface area (Å²) in [5.74, 6) is 0. The van der Waals surface area contributed by atoms with Gasteiger partial charge in [0.15, 0.2) is 5.01 Å². The van der Waals surface area contributed by atoms with Gasteiger partial charge in [0, 0.05) is 0 Å². The summed E-state index contributed by atoms with van der Waals surface area (Å²) in [7, 11) is 0. The van der Waals surface area contributed by atoms with E-state index in [2.05, 4.69) is 15.2 Å². The van der Waals surface area contributed by atoms with Crippen LogP contribution in [0.4, 0.5) is 0 Å². The van der Waals surface area contributed by atoms with Crippen LogP contribution in [0.1, 0.15) is 0 Å². The Morgan fingerprint density at radius 2 is 2.31 bits per heavy atom. The lowest BCUT2D eigenvalue weighted by atomic mass is 10.4. The molecule has 0 aliphatic carbocycles. The first-order valence-corrected chi connectivity index (χ1v) is 4.63. The second-order valence-corrected chi connectivity index (χ2v) is 3.61. The molecule has 0 fully saturated rings. The van der Waals surface area contributed by atoms with E-state index in [1.54, 1.807) is 18.2 Å². The molecule has 4 nitrogen and oxygen atoms in total. The SMILES string of the molecule is O=c1[nH]nc(-c2cccc(Cl)n2)s1. The van der Waals surface area contributed by atoms with Gasteiger partial charge in [-0.25, -0.2) is 10.1 Å². The molecule has 2 aromatic heterocycles. The molecule has 2 heterocycles. The number of rotatable bonds is 1. The number of hydrogen-bond donors (Lipinski definition) is 1. The Balaban J connectivity index is 2.52. The number of nitrogens with zero attached hydrogens (tertiary/aromatic N) is 2. The standard InChI is InChI=1S/C7H4ClN3OS/c8-5-3-1-2-4(9-5)6-10-11-7(12)13-6/h1-3H,(H,11,12). The van der Waals surface area contributed by atoms with E-state index in [1.165, 1.54) is 0 Å². The van der Waals surface area contributed by atoms with E-state index in [9.17, 15) is 4.79 Å². The van der Waals surface area contributed by atoms with Gasteiger partial charge in [0.05, 0.1) is 0 Å². The van der Waals surface area contributed by atoms with E-state index in [1.807, 2.05) is 0 Å². The van der Waals surface area contributed by atoms with Crippen LogP contribution in [0.3, 0.4) is 0 Å². The highest BCUT2D eigenvalue weighted by molar-refractivity contribution is 7.12. The van der Waals surface area contributed by atoms with Crippen molar-refractivity contribution >= 4 is 22.9 Å². The van der Waals surface area contributed by atoms with Gasteiger partial charge >= 0.3 is 4.87 Å². The zero-order valence-corrected chi connectivity index (χ0v) is 7.89. The van der Waals surface area contributed by atoms with Crippen molar-refractivity contribution in [3.63, 3.8) is 0 Å². The maximum absolute atomic E-state index is 10.8. The van der Waals surface area contributed by atoms with E-state index < -0.39 is 0 Å². The third-order valence-electron chi connectivity index (χ3n) is 1.37. The number of hydrogen-bond acceptors (Lipinski definition) is 4. The predicted octanol–water partition coefficient (Wildman–Crippen LogP) is 1.55. The molecule has 2 aromatic rings. The molecule has 0 amide bonds. The monoisotopic (exact) mass is 213 g/mol. The van der Waals surface area contributed by atoms with Gasteiger partial charge in [0.2, 0.25) is 0 Å². The van der Waals surface area contributed by atoms with Crippen molar-refractivity contribution in [2.24, 2.45) is 0 Å². The zero-order chi connectivity index (χ0) is 9.26. The summed E-state index contributed by atoms with van der Waals surface area (Å²) in [6.45, 7) is 0. The molecule has 0 saturated carbocycles. The average Bonchev–Trinajstić information content (AvgIpc) is 2.52. The highest BCUT2D eigenvalue weighted by atomic mass is 35.5. The Kier molecular flexibility index (Phi) is 2.12. The topological polar surface area (TPSA) is 58.6 Å². The van der Waals surface area contributed by atoms with Crippen LogP contribution in [0.25, 0.3) is 10.7 Å². The van der Waals surface area contributed by atoms with Gasteiger partial charge in [-0.15, -0.1) is 0 Å². The Labute approximate surface area is 82.2 Å². The van der Waals surface area contributed by atoms with Crippen LogP contribution in [-0.2, 0) is 0 Å². The van der Waals surface area contributed by atoms with E-state index in [0.717, 1.165) is 11.3 Å². The summed E-state index contributed by atoms with van der Waals surface area (Å²) >= 11 is 6.69. The maximum atomic E-state index is 10.8. The Morgan fingerprint density at radius 3 is 2.92 bits per heavy atom. The van der Waals surface area contributed by atoms with E-state index in [4.69, 9.17) is 11.6 Å². The Bertz CT molecular complexity index is 478. The lowest BCUT2D eigenvalue weighted by Crippen LogP contribution is -1.90. The molecular formula is C7H4ClN3OS. The number of pyridine rings is 1.